The summed E-state index contributed by atoms with van der Waals surface area (Å²) in [7, 11) is -3.40. The average molecular weight is 561 g/mol. The second-order valence-electron chi connectivity index (χ2n) is 9.92. The summed E-state index contributed by atoms with van der Waals surface area (Å²) in [5.41, 5.74) is 1.22. The van der Waals surface area contributed by atoms with Crippen molar-refractivity contribution in [3.8, 4) is 11.1 Å². The zero-order valence-corrected chi connectivity index (χ0v) is 22.8. The number of amides is 2. The predicted molar refractivity (Wildman–Crippen MR) is 142 cm³/mol. The number of aliphatic hydroxyl groups excluding tert-OH is 1. The maximum atomic E-state index is 13.0. The highest BCUT2D eigenvalue weighted by Gasteiger charge is 2.51. The molecule has 0 bridgehead atoms. The van der Waals surface area contributed by atoms with Gasteiger partial charge in [-0.2, -0.15) is 0 Å². The van der Waals surface area contributed by atoms with Gasteiger partial charge in [0.2, 0.25) is 0 Å². The first-order chi connectivity index (χ1) is 18.0. The van der Waals surface area contributed by atoms with Gasteiger partial charge in [0.25, 0.3) is 0 Å². The second kappa shape index (κ2) is 9.91. The highest BCUT2D eigenvalue weighted by molar-refractivity contribution is 7.90. The van der Waals surface area contributed by atoms with Crippen LogP contribution in [-0.2, 0) is 24.1 Å². The number of nitrogens with zero attached hydrogens (tertiary/aromatic N) is 2. The van der Waals surface area contributed by atoms with Gasteiger partial charge in [-0.05, 0) is 47.9 Å². The maximum absolute atomic E-state index is 13.0. The van der Waals surface area contributed by atoms with Gasteiger partial charge >= 0.3 is 12.0 Å². The highest BCUT2D eigenvalue weighted by Crippen LogP contribution is 2.45. The minimum absolute atomic E-state index is 0.0637. The Hall–Kier alpha value is -3.08. The highest BCUT2D eigenvalue weighted by atomic mass is 35.5. The fourth-order valence-electron chi connectivity index (χ4n) is 5.26. The summed E-state index contributed by atoms with van der Waals surface area (Å²) >= 11 is 6.62. The fraction of sp³-hybridized carbons (Fsp3) is 0.407. The first-order valence-electron chi connectivity index (χ1n) is 12.4. The number of rotatable bonds is 3. The molecule has 2 saturated heterocycles. The van der Waals surface area contributed by atoms with Crippen molar-refractivity contribution in [1.29, 1.82) is 0 Å². The van der Waals surface area contributed by atoms with Crippen LogP contribution in [0.1, 0.15) is 24.0 Å². The van der Waals surface area contributed by atoms with Crippen LogP contribution in [0.4, 0.5) is 4.79 Å². The van der Waals surface area contributed by atoms with Gasteiger partial charge in [0.15, 0.2) is 21.2 Å². The lowest BCUT2D eigenvalue weighted by molar-refractivity contribution is -0.150. The number of urea groups is 1. The van der Waals surface area contributed by atoms with Crippen molar-refractivity contribution in [2.24, 2.45) is 0 Å². The van der Waals surface area contributed by atoms with E-state index in [4.69, 9.17) is 21.1 Å². The van der Waals surface area contributed by atoms with E-state index in [2.05, 4.69) is 0 Å². The summed E-state index contributed by atoms with van der Waals surface area (Å²) in [6, 6.07) is 9.77. The maximum Gasteiger partial charge on any atom is 0.343 e. The number of morpholine rings is 1. The Labute approximate surface area is 226 Å². The third-order valence-electron chi connectivity index (χ3n) is 7.44. The third kappa shape index (κ3) is 4.76. The quantitative estimate of drug-likeness (QED) is 0.567. The molecule has 0 radical (unpaired) electrons. The van der Waals surface area contributed by atoms with Crippen molar-refractivity contribution >= 4 is 39.0 Å². The van der Waals surface area contributed by atoms with Crippen LogP contribution in [0.25, 0.3) is 16.7 Å². The van der Waals surface area contributed by atoms with E-state index in [1.807, 2.05) is 0 Å². The van der Waals surface area contributed by atoms with Gasteiger partial charge in [0.1, 0.15) is 5.57 Å². The van der Waals surface area contributed by atoms with Crippen LogP contribution in [-0.4, -0.2) is 86.6 Å². The van der Waals surface area contributed by atoms with Crippen molar-refractivity contribution < 1.29 is 32.6 Å². The van der Waals surface area contributed by atoms with Crippen LogP contribution < -0.4 is 0 Å². The molecular formula is C27H29ClN2O7S. The van der Waals surface area contributed by atoms with E-state index < -0.39 is 21.4 Å². The second-order valence-corrected chi connectivity index (χ2v) is 12.3. The van der Waals surface area contributed by atoms with Crippen LogP contribution in [0.5, 0.6) is 0 Å². The molecule has 38 heavy (non-hydrogen) atoms. The van der Waals surface area contributed by atoms with E-state index in [9.17, 15) is 23.1 Å². The number of esters is 1. The number of ether oxygens (including phenoxy) is 2. The zero-order chi connectivity index (χ0) is 27.2. The van der Waals surface area contributed by atoms with Crippen molar-refractivity contribution in [1.82, 2.24) is 9.80 Å². The average Bonchev–Trinajstić information content (AvgIpc) is 3.13. The lowest BCUT2D eigenvalue weighted by Gasteiger charge is -2.40. The van der Waals surface area contributed by atoms with Crippen molar-refractivity contribution in [3.63, 3.8) is 0 Å². The van der Waals surface area contributed by atoms with Crippen LogP contribution >= 0.6 is 11.6 Å². The van der Waals surface area contributed by atoms with E-state index >= 15 is 0 Å². The molecule has 3 aliphatic heterocycles. The van der Waals surface area contributed by atoms with Crippen LogP contribution in [0.15, 0.2) is 47.1 Å². The van der Waals surface area contributed by atoms with E-state index in [-0.39, 0.29) is 35.1 Å². The first-order valence-corrected chi connectivity index (χ1v) is 14.7. The largest absolute Gasteiger partial charge is 0.507 e. The number of benzene rings is 2. The number of sulfone groups is 1. The Morgan fingerprint density at radius 1 is 1.03 bits per heavy atom. The Balaban J connectivity index is 1.41. The minimum atomic E-state index is -3.40. The fourth-order valence-corrected chi connectivity index (χ4v) is 6.20. The minimum Gasteiger partial charge on any atom is -0.507 e. The summed E-state index contributed by atoms with van der Waals surface area (Å²) in [5, 5.41) is 11.6. The number of halogens is 1. The van der Waals surface area contributed by atoms with Crippen molar-refractivity contribution in [3.05, 3.63) is 58.3 Å². The van der Waals surface area contributed by atoms with Gasteiger partial charge < -0.3 is 24.4 Å². The summed E-state index contributed by atoms with van der Waals surface area (Å²) in [6.07, 6.45) is 1.71. The number of carbonyl (C=O) groups is 2. The molecule has 0 atom stereocenters. The van der Waals surface area contributed by atoms with Gasteiger partial charge in [-0.15, -0.1) is 0 Å². The smallest absolute Gasteiger partial charge is 0.343 e. The van der Waals surface area contributed by atoms with Crippen LogP contribution in [0.2, 0.25) is 5.02 Å². The molecule has 9 nitrogen and oxygen atoms in total. The summed E-state index contributed by atoms with van der Waals surface area (Å²) in [5.74, 6) is -0.784. The summed E-state index contributed by atoms with van der Waals surface area (Å²) in [4.78, 5) is 29.5. The molecule has 11 heteroatoms. The molecule has 1 N–H and O–H groups in total. The predicted octanol–water partition coefficient (Wildman–Crippen LogP) is 3.83. The van der Waals surface area contributed by atoms with E-state index in [0.29, 0.717) is 66.7 Å². The van der Waals surface area contributed by atoms with E-state index in [0.717, 1.165) is 6.26 Å². The van der Waals surface area contributed by atoms with Gasteiger partial charge in [-0.3, -0.25) is 0 Å². The lowest BCUT2D eigenvalue weighted by atomic mass is 9.86. The van der Waals surface area contributed by atoms with E-state index in [1.54, 1.807) is 47.1 Å². The molecule has 5 rings (SSSR count). The standard InChI is InChI=1S/C27H29ClN2O7S/c1-17-14-21(18-4-3-5-19(15-18)38(2,34)35)22(28)16-20(17)23-24(31)27(37-25(23)32)6-8-29(9-7-27)26(33)30-10-12-36-13-11-30/h3-5,14-16,31H,6-13H2,1-2H3. The molecule has 2 fully saturated rings. The molecule has 1 spiro atoms. The van der Waals surface area contributed by atoms with Gasteiger partial charge in [-0.1, -0.05) is 23.7 Å². The molecule has 2 amide bonds. The number of piperidine rings is 1. The SMILES string of the molecule is Cc1cc(-c2cccc(S(C)(=O)=O)c2)c(Cl)cc1C1=C(O)C2(CCN(C(=O)N3CCOCC3)CC2)OC1=O. The lowest BCUT2D eigenvalue weighted by Crippen LogP contribution is -2.53. The van der Waals surface area contributed by atoms with Gasteiger partial charge in [0, 0.05) is 55.9 Å². The molecule has 202 valence electrons. The Bertz CT molecular complexity index is 1440. The Morgan fingerprint density at radius 3 is 2.34 bits per heavy atom. The molecular weight excluding hydrogens is 532 g/mol. The van der Waals surface area contributed by atoms with Crippen molar-refractivity contribution in [2.75, 3.05) is 45.6 Å². The molecule has 0 unspecified atom stereocenters. The molecule has 2 aromatic carbocycles. The number of carbonyl (C=O) groups excluding carboxylic acids is 2. The summed E-state index contributed by atoms with van der Waals surface area (Å²) in [6.45, 7) is 4.58. The van der Waals surface area contributed by atoms with Gasteiger partial charge in [0.05, 0.1) is 18.1 Å². The normalized spacial score (nSPS) is 19.7. The molecule has 3 heterocycles. The number of likely N-dealkylation sites (tertiary alicyclic amines) is 1. The Kier molecular flexibility index (Phi) is 6.91. The first kappa shape index (κ1) is 26.5. The number of aryl methyl sites for hydroxylation is 1. The van der Waals surface area contributed by atoms with Gasteiger partial charge in [-0.25, -0.2) is 18.0 Å². The van der Waals surface area contributed by atoms with E-state index in [1.165, 1.54) is 6.07 Å². The number of hydrogen-bond acceptors (Lipinski definition) is 7. The third-order valence-corrected chi connectivity index (χ3v) is 8.86. The monoisotopic (exact) mass is 560 g/mol. The Morgan fingerprint density at radius 2 is 1.68 bits per heavy atom. The topological polar surface area (TPSA) is 113 Å². The van der Waals surface area contributed by atoms with Crippen LogP contribution in [0, 0.1) is 6.92 Å². The molecule has 0 aliphatic carbocycles. The molecule has 0 saturated carbocycles. The van der Waals surface area contributed by atoms with Crippen molar-refractivity contribution in [2.45, 2.75) is 30.3 Å². The number of aliphatic hydroxyl groups is 1. The molecule has 2 aromatic rings. The molecule has 3 aliphatic rings. The molecule has 0 aromatic heterocycles. The number of hydrogen-bond donors (Lipinski definition) is 1. The summed E-state index contributed by atoms with van der Waals surface area (Å²) < 4.78 is 35.1. The zero-order valence-electron chi connectivity index (χ0n) is 21.2. The van der Waals surface area contributed by atoms with Crippen LogP contribution in [0.3, 0.4) is 0 Å².